The normalized spacial score (nSPS) is 12.5. The van der Waals surface area contributed by atoms with Crippen molar-refractivity contribution in [3.8, 4) is 11.5 Å². The van der Waals surface area contributed by atoms with E-state index in [4.69, 9.17) is 20.4 Å². The van der Waals surface area contributed by atoms with E-state index in [9.17, 15) is 0 Å². The van der Waals surface area contributed by atoms with E-state index < -0.39 is 0 Å². The zero-order valence-electron chi connectivity index (χ0n) is 11.3. The van der Waals surface area contributed by atoms with Crippen LogP contribution in [0.25, 0.3) is 11.5 Å². The molecule has 0 N–H and O–H groups in total. The standard InChI is InChI=1S/C13H11ClN4O2S/c1-7(11-16-15-8(2)19-11)21-13-18-17-12(20-13)9-5-3-4-6-10(9)14/h3-7H,1-2H3/t7-/m1/s1. The fraction of sp³-hybridized carbons (Fsp3) is 0.231. The molecule has 0 saturated heterocycles. The second kappa shape index (κ2) is 5.87. The second-order valence-corrected chi connectivity index (χ2v) is 5.97. The highest BCUT2D eigenvalue weighted by Crippen LogP contribution is 2.35. The molecule has 0 aliphatic rings. The van der Waals surface area contributed by atoms with Crippen LogP contribution < -0.4 is 0 Å². The molecule has 0 spiro atoms. The number of aromatic nitrogens is 4. The van der Waals surface area contributed by atoms with Gasteiger partial charge in [-0.25, -0.2) is 0 Å². The number of thioether (sulfide) groups is 1. The Bertz CT molecular complexity index is 758. The Labute approximate surface area is 129 Å². The predicted octanol–water partition coefficient (Wildman–Crippen LogP) is 3.93. The highest BCUT2D eigenvalue weighted by molar-refractivity contribution is 7.99. The molecule has 0 bridgehead atoms. The Balaban J connectivity index is 1.78. The lowest BCUT2D eigenvalue weighted by molar-refractivity contribution is 0.454. The van der Waals surface area contributed by atoms with E-state index in [-0.39, 0.29) is 5.25 Å². The maximum absolute atomic E-state index is 6.10. The average molecular weight is 323 g/mol. The van der Waals surface area contributed by atoms with E-state index in [1.165, 1.54) is 11.8 Å². The van der Waals surface area contributed by atoms with Crippen LogP contribution in [0, 0.1) is 6.92 Å². The zero-order chi connectivity index (χ0) is 14.8. The van der Waals surface area contributed by atoms with Crippen LogP contribution in [0.15, 0.2) is 38.3 Å². The maximum Gasteiger partial charge on any atom is 0.277 e. The van der Waals surface area contributed by atoms with E-state index in [0.717, 1.165) is 0 Å². The molecule has 0 radical (unpaired) electrons. The first kappa shape index (κ1) is 14.1. The Kier molecular flexibility index (Phi) is 3.94. The van der Waals surface area contributed by atoms with Gasteiger partial charge in [0.1, 0.15) is 0 Å². The van der Waals surface area contributed by atoms with Crippen LogP contribution in [-0.2, 0) is 0 Å². The van der Waals surface area contributed by atoms with Crippen molar-refractivity contribution in [3.63, 3.8) is 0 Å². The molecule has 108 valence electrons. The van der Waals surface area contributed by atoms with E-state index >= 15 is 0 Å². The third kappa shape index (κ3) is 3.08. The molecule has 1 aromatic carbocycles. The summed E-state index contributed by atoms with van der Waals surface area (Å²) >= 11 is 7.46. The van der Waals surface area contributed by atoms with Crippen molar-refractivity contribution < 1.29 is 8.83 Å². The molecule has 3 rings (SSSR count). The van der Waals surface area contributed by atoms with Crippen LogP contribution in [0.4, 0.5) is 0 Å². The maximum atomic E-state index is 6.10. The first-order chi connectivity index (χ1) is 10.1. The monoisotopic (exact) mass is 322 g/mol. The minimum Gasteiger partial charge on any atom is -0.424 e. The first-order valence-corrected chi connectivity index (χ1v) is 7.44. The highest BCUT2D eigenvalue weighted by Gasteiger charge is 2.19. The highest BCUT2D eigenvalue weighted by atomic mass is 35.5. The van der Waals surface area contributed by atoms with Crippen molar-refractivity contribution >= 4 is 23.4 Å². The van der Waals surface area contributed by atoms with Gasteiger partial charge in [-0.15, -0.1) is 20.4 Å². The van der Waals surface area contributed by atoms with E-state index in [1.807, 2.05) is 25.1 Å². The summed E-state index contributed by atoms with van der Waals surface area (Å²) in [5.74, 6) is 1.44. The average Bonchev–Trinajstić information content (AvgIpc) is 3.08. The van der Waals surface area contributed by atoms with Gasteiger partial charge in [0.25, 0.3) is 5.22 Å². The summed E-state index contributed by atoms with van der Waals surface area (Å²) in [7, 11) is 0. The molecule has 1 atom stereocenters. The smallest absolute Gasteiger partial charge is 0.277 e. The molecule has 0 saturated carbocycles. The summed E-state index contributed by atoms with van der Waals surface area (Å²) in [5.41, 5.74) is 0.708. The molecule has 0 unspecified atom stereocenters. The molecular formula is C13H11ClN4O2S. The van der Waals surface area contributed by atoms with Gasteiger partial charge < -0.3 is 8.83 Å². The van der Waals surface area contributed by atoms with Crippen molar-refractivity contribution in [1.29, 1.82) is 0 Å². The first-order valence-electron chi connectivity index (χ1n) is 6.18. The van der Waals surface area contributed by atoms with Crippen LogP contribution in [0.1, 0.15) is 24.0 Å². The molecule has 0 aliphatic carbocycles. The van der Waals surface area contributed by atoms with Crippen LogP contribution >= 0.6 is 23.4 Å². The predicted molar refractivity (Wildman–Crippen MR) is 78.1 cm³/mol. The van der Waals surface area contributed by atoms with Crippen molar-refractivity contribution in [2.75, 3.05) is 0 Å². The fourth-order valence-corrected chi connectivity index (χ4v) is 2.61. The summed E-state index contributed by atoms with van der Waals surface area (Å²) in [4.78, 5) is 0. The molecule has 2 aromatic heterocycles. The number of hydrogen-bond donors (Lipinski definition) is 0. The third-order valence-electron chi connectivity index (χ3n) is 2.68. The molecule has 0 aliphatic heterocycles. The van der Waals surface area contributed by atoms with Gasteiger partial charge in [-0.2, -0.15) is 0 Å². The Morgan fingerprint density at radius 1 is 1.10 bits per heavy atom. The molecule has 2 heterocycles. The minimum absolute atomic E-state index is 0.0780. The van der Waals surface area contributed by atoms with E-state index in [0.29, 0.717) is 33.5 Å². The number of halogens is 1. The third-order valence-corrected chi connectivity index (χ3v) is 3.93. The van der Waals surface area contributed by atoms with Gasteiger partial charge in [0.15, 0.2) is 0 Å². The van der Waals surface area contributed by atoms with Crippen LogP contribution in [0.2, 0.25) is 5.02 Å². The van der Waals surface area contributed by atoms with Crippen LogP contribution in [0.3, 0.4) is 0 Å². The van der Waals surface area contributed by atoms with Gasteiger partial charge in [-0.1, -0.05) is 35.5 Å². The van der Waals surface area contributed by atoms with Gasteiger partial charge in [-0.05, 0) is 19.1 Å². The minimum atomic E-state index is -0.0780. The number of rotatable bonds is 4. The van der Waals surface area contributed by atoms with Gasteiger partial charge in [-0.3, -0.25) is 0 Å². The second-order valence-electron chi connectivity index (χ2n) is 4.27. The topological polar surface area (TPSA) is 77.8 Å². The number of hydrogen-bond acceptors (Lipinski definition) is 7. The molecule has 21 heavy (non-hydrogen) atoms. The largest absolute Gasteiger partial charge is 0.424 e. The molecule has 0 amide bonds. The van der Waals surface area contributed by atoms with E-state index in [2.05, 4.69) is 20.4 Å². The van der Waals surface area contributed by atoms with Gasteiger partial charge in [0.05, 0.1) is 15.8 Å². The van der Waals surface area contributed by atoms with Gasteiger partial charge in [0, 0.05) is 6.92 Å². The Morgan fingerprint density at radius 2 is 1.90 bits per heavy atom. The number of benzene rings is 1. The van der Waals surface area contributed by atoms with Crippen LogP contribution in [0.5, 0.6) is 0 Å². The fourth-order valence-electron chi connectivity index (χ4n) is 1.68. The van der Waals surface area contributed by atoms with Crippen molar-refractivity contribution in [1.82, 2.24) is 20.4 Å². The van der Waals surface area contributed by atoms with Gasteiger partial charge >= 0.3 is 0 Å². The molecule has 0 fully saturated rings. The van der Waals surface area contributed by atoms with Gasteiger partial charge in [0.2, 0.25) is 17.7 Å². The van der Waals surface area contributed by atoms with Crippen molar-refractivity contribution in [2.45, 2.75) is 24.3 Å². The SMILES string of the molecule is Cc1nnc([C@@H](C)Sc2nnc(-c3ccccc3Cl)o2)o1. The Morgan fingerprint density at radius 3 is 2.62 bits per heavy atom. The number of nitrogens with zero attached hydrogens (tertiary/aromatic N) is 4. The summed E-state index contributed by atoms with van der Waals surface area (Å²) in [6.45, 7) is 3.67. The zero-order valence-corrected chi connectivity index (χ0v) is 12.9. The summed E-state index contributed by atoms with van der Waals surface area (Å²) in [5, 5.41) is 16.7. The quantitative estimate of drug-likeness (QED) is 0.673. The van der Waals surface area contributed by atoms with Crippen molar-refractivity contribution in [2.24, 2.45) is 0 Å². The number of aryl methyl sites for hydroxylation is 1. The van der Waals surface area contributed by atoms with E-state index in [1.54, 1.807) is 13.0 Å². The lowest BCUT2D eigenvalue weighted by atomic mass is 10.2. The Hall–Kier alpha value is -1.86. The summed E-state index contributed by atoms with van der Waals surface area (Å²) in [6.07, 6.45) is 0. The van der Waals surface area contributed by atoms with Crippen LogP contribution in [-0.4, -0.2) is 20.4 Å². The summed E-state index contributed by atoms with van der Waals surface area (Å²) in [6, 6.07) is 7.31. The van der Waals surface area contributed by atoms with Crippen molar-refractivity contribution in [3.05, 3.63) is 41.1 Å². The molecular weight excluding hydrogens is 312 g/mol. The lowest BCUT2D eigenvalue weighted by Gasteiger charge is -2.01. The molecule has 3 aromatic rings. The summed E-state index contributed by atoms with van der Waals surface area (Å²) < 4.78 is 11.0. The molecule has 8 heteroatoms. The lowest BCUT2D eigenvalue weighted by Crippen LogP contribution is -1.88. The molecule has 6 nitrogen and oxygen atoms in total.